The number of piperidine rings is 1. The van der Waals surface area contributed by atoms with Crippen LogP contribution in [0.25, 0.3) is 10.9 Å². The highest BCUT2D eigenvalue weighted by molar-refractivity contribution is 6.00. The van der Waals surface area contributed by atoms with E-state index in [-0.39, 0.29) is 24.1 Å². The molecule has 1 fully saturated rings. The molecule has 2 amide bonds. The van der Waals surface area contributed by atoms with E-state index in [1.807, 2.05) is 30.3 Å². The summed E-state index contributed by atoms with van der Waals surface area (Å²) in [6, 6.07) is 13.4. The van der Waals surface area contributed by atoms with Gasteiger partial charge < -0.3 is 15.2 Å². The summed E-state index contributed by atoms with van der Waals surface area (Å²) in [6.07, 6.45) is 3.25. The molecule has 27 heavy (non-hydrogen) atoms. The van der Waals surface area contributed by atoms with Crippen molar-refractivity contribution in [3.8, 4) is 0 Å². The van der Waals surface area contributed by atoms with Crippen LogP contribution in [0.5, 0.6) is 0 Å². The molecule has 0 radical (unpaired) electrons. The number of anilines is 1. The van der Waals surface area contributed by atoms with Gasteiger partial charge in [0, 0.05) is 29.3 Å². The average Bonchev–Trinajstić information content (AvgIpc) is 3.06. The summed E-state index contributed by atoms with van der Waals surface area (Å²) in [5.41, 5.74) is 2.34. The molecule has 1 aliphatic heterocycles. The second kappa shape index (κ2) is 7.23. The maximum Gasteiger partial charge on any atom is 0.249 e. The van der Waals surface area contributed by atoms with Crippen molar-refractivity contribution < 1.29 is 14.0 Å². The molecular weight excluding hydrogens is 345 g/mol. The first-order valence-electron chi connectivity index (χ1n) is 9.03. The fourth-order valence-electron chi connectivity index (χ4n) is 3.59. The molecule has 1 atom stereocenters. The van der Waals surface area contributed by atoms with Gasteiger partial charge in [0.2, 0.25) is 11.8 Å². The van der Waals surface area contributed by atoms with Gasteiger partial charge in [0.25, 0.3) is 0 Å². The lowest BCUT2D eigenvalue weighted by molar-refractivity contribution is -0.128. The number of hydrogen-bond donors (Lipinski definition) is 2. The Morgan fingerprint density at radius 1 is 1.22 bits per heavy atom. The number of H-pyrrole nitrogens is 1. The lowest BCUT2D eigenvalue weighted by Gasteiger charge is -2.32. The first kappa shape index (κ1) is 17.3. The molecule has 5 nitrogen and oxygen atoms in total. The molecule has 1 aromatic heterocycles. The fraction of sp³-hybridized carbons (Fsp3) is 0.238. The number of carbonyl (C=O) groups is 2. The summed E-state index contributed by atoms with van der Waals surface area (Å²) in [5.74, 6) is -0.677. The molecule has 2 heterocycles. The third-order valence-corrected chi connectivity index (χ3v) is 4.92. The van der Waals surface area contributed by atoms with E-state index in [1.165, 1.54) is 12.1 Å². The molecule has 0 spiro atoms. The number of fused-ring (bicyclic) bond motifs is 1. The predicted octanol–water partition coefficient (Wildman–Crippen LogP) is 3.16. The van der Waals surface area contributed by atoms with Crippen molar-refractivity contribution in [3.63, 3.8) is 0 Å². The van der Waals surface area contributed by atoms with Crippen molar-refractivity contribution in [3.05, 3.63) is 66.1 Å². The van der Waals surface area contributed by atoms with E-state index in [9.17, 15) is 14.0 Å². The lowest BCUT2D eigenvalue weighted by atomic mass is 10.0. The van der Waals surface area contributed by atoms with Crippen LogP contribution in [0.15, 0.2) is 54.7 Å². The normalized spacial score (nSPS) is 17.3. The monoisotopic (exact) mass is 365 g/mol. The third kappa shape index (κ3) is 3.56. The number of nitrogens with zero attached hydrogens (tertiary/aromatic N) is 1. The molecule has 1 aliphatic rings. The number of aromatic amines is 1. The van der Waals surface area contributed by atoms with Crippen LogP contribution in [0, 0.1) is 5.82 Å². The van der Waals surface area contributed by atoms with Gasteiger partial charge in [0.1, 0.15) is 11.9 Å². The number of rotatable bonds is 4. The number of para-hydroxylation sites is 1. The highest BCUT2D eigenvalue weighted by Crippen LogP contribution is 2.22. The summed E-state index contributed by atoms with van der Waals surface area (Å²) in [4.78, 5) is 30.0. The van der Waals surface area contributed by atoms with Gasteiger partial charge in [0.05, 0.1) is 6.42 Å². The van der Waals surface area contributed by atoms with E-state index in [2.05, 4.69) is 10.3 Å². The van der Waals surface area contributed by atoms with E-state index in [4.69, 9.17) is 0 Å². The van der Waals surface area contributed by atoms with Crippen LogP contribution < -0.4 is 10.2 Å². The molecule has 4 rings (SSSR count). The summed E-state index contributed by atoms with van der Waals surface area (Å²) < 4.78 is 13.5. The molecule has 138 valence electrons. The largest absolute Gasteiger partial charge is 0.361 e. The van der Waals surface area contributed by atoms with E-state index in [1.54, 1.807) is 17.2 Å². The molecule has 2 N–H and O–H groups in total. The van der Waals surface area contributed by atoms with Gasteiger partial charge in [-0.1, -0.05) is 18.2 Å². The maximum absolute atomic E-state index is 13.5. The van der Waals surface area contributed by atoms with Gasteiger partial charge in [-0.15, -0.1) is 0 Å². The van der Waals surface area contributed by atoms with Crippen LogP contribution in [0.4, 0.5) is 10.1 Å². The van der Waals surface area contributed by atoms with Crippen molar-refractivity contribution >= 4 is 28.4 Å². The lowest BCUT2D eigenvalue weighted by Crippen LogP contribution is -2.52. The van der Waals surface area contributed by atoms with Crippen LogP contribution in [0.2, 0.25) is 0 Å². The van der Waals surface area contributed by atoms with Crippen molar-refractivity contribution in [2.45, 2.75) is 25.3 Å². The molecule has 1 saturated heterocycles. The van der Waals surface area contributed by atoms with E-state index < -0.39 is 6.04 Å². The van der Waals surface area contributed by atoms with E-state index in [0.29, 0.717) is 23.9 Å². The first-order chi connectivity index (χ1) is 13.1. The van der Waals surface area contributed by atoms with Gasteiger partial charge in [-0.05, 0) is 48.7 Å². The molecular formula is C21H20FN3O2. The summed E-state index contributed by atoms with van der Waals surface area (Å²) in [5, 5.41) is 3.53. The Labute approximate surface area is 156 Å². The molecule has 0 aliphatic carbocycles. The van der Waals surface area contributed by atoms with Crippen LogP contribution in [0.3, 0.4) is 0 Å². The Balaban J connectivity index is 1.45. The Hall–Kier alpha value is -3.15. The van der Waals surface area contributed by atoms with E-state index in [0.717, 1.165) is 17.6 Å². The Morgan fingerprint density at radius 2 is 2.04 bits per heavy atom. The highest BCUT2D eigenvalue weighted by Gasteiger charge is 2.30. The quantitative estimate of drug-likeness (QED) is 0.746. The Bertz CT molecular complexity index is 984. The topological polar surface area (TPSA) is 65.2 Å². The number of carbonyl (C=O) groups excluding carboxylic acids is 2. The van der Waals surface area contributed by atoms with Crippen LogP contribution >= 0.6 is 0 Å². The van der Waals surface area contributed by atoms with Crippen LogP contribution in [0.1, 0.15) is 18.4 Å². The minimum atomic E-state index is -0.534. The number of benzene rings is 2. The average molecular weight is 365 g/mol. The minimum absolute atomic E-state index is 0.0919. The third-order valence-electron chi connectivity index (χ3n) is 4.92. The zero-order valence-electron chi connectivity index (χ0n) is 14.7. The van der Waals surface area contributed by atoms with Crippen molar-refractivity contribution in [1.29, 1.82) is 0 Å². The molecule has 1 unspecified atom stereocenters. The van der Waals surface area contributed by atoms with Crippen molar-refractivity contribution in [2.75, 3.05) is 11.4 Å². The van der Waals surface area contributed by atoms with Gasteiger partial charge in [-0.3, -0.25) is 9.59 Å². The second-order valence-corrected chi connectivity index (χ2v) is 6.77. The maximum atomic E-state index is 13.5. The molecule has 0 bridgehead atoms. The zero-order chi connectivity index (χ0) is 18.8. The smallest absolute Gasteiger partial charge is 0.249 e. The molecule has 3 aromatic rings. The van der Waals surface area contributed by atoms with Crippen molar-refractivity contribution in [1.82, 2.24) is 10.3 Å². The Kier molecular flexibility index (Phi) is 4.62. The first-order valence-corrected chi connectivity index (χ1v) is 9.03. The highest BCUT2D eigenvalue weighted by atomic mass is 19.1. The number of aromatic nitrogens is 1. The standard InChI is InChI=1S/C21H20FN3O2/c22-15-8-9-18-17(12-15)14(13-23-18)11-20(26)24-19-7-4-10-25(21(19)27)16-5-2-1-3-6-16/h1-3,5-6,8-9,12-13,19,23H,4,7,10-11H2,(H,24,26). The van der Waals surface area contributed by atoms with Gasteiger partial charge in [-0.2, -0.15) is 0 Å². The van der Waals surface area contributed by atoms with E-state index >= 15 is 0 Å². The minimum Gasteiger partial charge on any atom is -0.361 e. The number of hydrogen-bond acceptors (Lipinski definition) is 2. The number of amides is 2. The molecule has 2 aromatic carbocycles. The van der Waals surface area contributed by atoms with Gasteiger partial charge in [0.15, 0.2) is 0 Å². The van der Waals surface area contributed by atoms with Crippen LogP contribution in [-0.2, 0) is 16.0 Å². The van der Waals surface area contributed by atoms with Crippen LogP contribution in [-0.4, -0.2) is 29.4 Å². The summed E-state index contributed by atoms with van der Waals surface area (Å²) in [7, 11) is 0. The fourth-order valence-corrected chi connectivity index (χ4v) is 3.59. The van der Waals surface area contributed by atoms with Gasteiger partial charge >= 0.3 is 0 Å². The summed E-state index contributed by atoms with van der Waals surface area (Å²) >= 11 is 0. The molecule has 6 heteroatoms. The Morgan fingerprint density at radius 3 is 2.85 bits per heavy atom. The zero-order valence-corrected chi connectivity index (χ0v) is 14.7. The van der Waals surface area contributed by atoms with Crippen molar-refractivity contribution in [2.24, 2.45) is 0 Å². The molecule has 0 saturated carbocycles. The van der Waals surface area contributed by atoms with Gasteiger partial charge in [-0.25, -0.2) is 4.39 Å². The number of halogens is 1. The second-order valence-electron chi connectivity index (χ2n) is 6.77. The number of nitrogens with one attached hydrogen (secondary N) is 2. The predicted molar refractivity (Wildman–Crippen MR) is 102 cm³/mol. The summed E-state index contributed by atoms with van der Waals surface area (Å²) in [6.45, 7) is 0.650. The SMILES string of the molecule is O=C(Cc1c[nH]c2ccc(F)cc12)NC1CCCN(c2ccccc2)C1=O.